The van der Waals surface area contributed by atoms with Crippen LogP contribution in [0.2, 0.25) is 0 Å². The summed E-state index contributed by atoms with van der Waals surface area (Å²) in [4.78, 5) is 47.1. The van der Waals surface area contributed by atoms with Gasteiger partial charge in [0.1, 0.15) is 12.6 Å². The predicted molar refractivity (Wildman–Crippen MR) is 100 cm³/mol. The molecule has 0 unspecified atom stereocenters. The van der Waals surface area contributed by atoms with E-state index >= 15 is 0 Å². The zero-order chi connectivity index (χ0) is 20.0. The van der Waals surface area contributed by atoms with Crippen LogP contribution in [-0.4, -0.2) is 40.0 Å². The van der Waals surface area contributed by atoms with Crippen LogP contribution >= 0.6 is 0 Å². The van der Waals surface area contributed by atoms with E-state index in [1.165, 1.54) is 12.3 Å². The third-order valence-corrected chi connectivity index (χ3v) is 3.99. The molecule has 0 aliphatic rings. The van der Waals surface area contributed by atoms with Crippen LogP contribution in [0.4, 0.5) is 0 Å². The number of carboxylic acid groups (broad SMARTS) is 1. The molecule has 0 radical (unpaired) electrons. The summed E-state index contributed by atoms with van der Waals surface area (Å²) in [6, 6.07) is 7.32. The molecule has 1 aromatic heterocycles. The highest BCUT2D eigenvalue weighted by molar-refractivity contribution is 5.88. The van der Waals surface area contributed by atoms with Crippen molar-refractivity contribution in [1.29, 1.82) is 0 Å². The molecule has 3 N–H and O–H groups in total. The Bertz CT molecular complexity index is 904. The summed E-state index contributed by atoms with van der Waals surface area (Å²) in [5.41, 5.74) is 0.485. The van der Waals surface area contributed by atoms with E-state index in [1.807, 2.05) is 13.8 Å². The fourth-order valence-corrected chi connectivity index (χ4v) is 2.73. The first kappa shape index (κ1) is 20.2. The van der Waals surface area contributed by atoms with Crippen LogP contribution in [0.3, 0.4) is 0 Å². The summed E-state index contributed by atoms with van der Waals surface area (Å²) >= 11 is 0. The van der Waals surface area contributed by atoms with E-state index in [2.05, 4.69) is 10.6 Å². The Morgan fingerprint density at radius 1 is 1.11 bits per heavy atom. The summed E-state index contributed by atoms with van der Waals surface area (Å²) < 4.78 is 1.61. The van der Waals surface area contributed by atoms with Crippen molar-refractivity contribution in [2.24, 2.45) is 5.92 Å². The van der Waals surface area contributed by atoms with Crippen LogP contribution in [0.1, 0.15) is 20.3 Å². The van der Waals surface area contributed by atoms with Crippen molar-refractivity contribution in [1.82, 2.24) is 15.2 Å². The second-order valence-corrected chi connectivity index (χ2v) is 6.69. The number of carbonyl (C=O) groups excluding carboxylic acids is 2. The molecule has 2 rings (SSSR count). The number of rotatable bonds is 8. The number of nitrogens with one attached hydrogen (secondary N) is 2. The Kier molecular flexibility index (Phi) is 6.70. The first-order chi connectivity index (χ1) is 12.8. The minimum absolute atomic E-state index is 0.0670. The van der Waals surface area contributed by atoms with Crippen molar-refractivity contribution in [3.8, 4) is 0 Å². The first-order valence-corrected chi connectivity index (χ1v) is 8.65. The molecule has 0 saturated heterocycles. The minimum atomic E-state index is -1.11. The van der Waals surface area contributed by atoms with Gasteiger partial charge in [-0.15, -0.1) is 0 Å². The number of hydrogen-bond donors (Lipinski definition) is 3. The van der Waals surface area contributed by atoms with Gasteiger partial charge in [-0.05, 0) is 24.5 Å². The van der Waals surface area contributed by atoms with Gasteiger partial charge in [0.25, 0.3) is 0 Å². The van der Waals surface area contributed by atoms with Crippen LogP contribution in [0.5, 0.6) is 0 Å². The number of carboxylic acids is 1. The number of aromatic nitrogens is 1. The van der Waals surface area contributed by atoms with Crippen LogP contribution < -0.4 is 16.1 Å². The lowest BCUT2D eigenvalue weighted by atomic mass is 10.0. The maximum atomic E-state index is 12.1. The van der Waals surface area contributed by atoms with Crippen molar-refractivity contribution in [3.05, 3.63) is 46.8 Å². The molecule has 1 heterocycles. The number of aliphatic carboxylic acids is 1. The quantitative estimate of drug-likeness (QED) is 0.631. The molecule has 1 aromatic carbocycles. The van der Waals surface area contributed by atoms with Gasteiger partial charge < -0.3 is 20.3 Å². The molecule has 27 heavy (non-hydrogen) atoms. The van der Waals surface area contributed by atoms with Gasteiger partial charge >= 0.3 is 5.97 Å². The smallest absolute Gasteiger partial charge is 0.326 e. The van der Waals surface area contributed by atoms with E-state index in [-0.39, 0.29) is 24.4 Å². The Balaban J connectivity index is 1.95. The molecule has 0 fully saturated rings. The topological polar surface area (TPSA) is 118 Å². The number of fused-ring (bicyclic) bond motifs is 1. The monoisotopic (exact) mass is 373 g/mol. The maximum Gasteiger partial charge on any atom is 0.326 e. The van der Waals surface area contributed by atoms with E-state index in [0.29, 0.717) is 17.3 Å². The molecule has 144 valence electrons. The number of amides is 2. The second kappa shape index (κ2) is 8.98. The molecule has 2 aromatic rings. The maximum absolute atomic E-state index is 12.1. The molecular formula is C19H23N3O5. The molecule has 8 nitrogen and oxygen atoms in total. The number of para-hydroxylation sites is 1. The second-order valence-electron chi connectivity index (χ2n) is 6.69. The average Bonchev–Trinajstić information content (AvgIpc) is 2.61. The Morgan fingerprint density at radius 2 is 1.81 bits per heavy atom. The van der Waals surface area contributed by atoms with Crippen molar-refractivity contribution in [3.63, 3.8) is 0 Å². The lowest BCUT2D eigenvalue weighted by Gasteiger charge is -2.17. The van der Waals surface area contributed by atoms with E-state index in [4.69, 9.17) is 5.11 Å². The standard InChI is InChI=1S/C19H23N3O5/c1-12(2)9-14(19(26)27)21-17(24)10-20-18(25)11-22-8-7-16(23)13-5-3-4-6-15(13)22/h3-8,12,14H,9-11H2,1-2H3,(H,20,25)(H,21,24)(H,26,27)/t14-/m0/s1. The van der Waals surface area contributed by atoms with Crippen LogP contribution in [0.15, 0.2) is 41.3 Å². The highest BCUT2D eigenvalue weighted by Crippen LogP contribution is 2.09. The van der Waals surface area contributed by atoms with Gasteiger partial charge in [-0.25, -0.2) is 4.79 Å². The van der Waals surface area contributed by atoms with E-state index in [1.54, 1.807) is 28.8 Å². The molecule has 0 aliphatic heterocycles. The van der Waals surface area contributed by atoms with E-state index < -0.39 is 23.8 Å². The molecular weight excluding hydrogens is 350 g/mol. The lowest BCUT2D eigenvalue weighted by molar-refractivity contribution is -0.142. The molecule has 8 heteroatoms. The number of benzene rings is 1. The van der Waals surface area contributed by atoms with Gasteiger partial charge in [-0.2, -0.15) is 0 Å². The predicted octanol–water partition coefficient (Wildman–Crippen LogP) is 0.733. The zero-order valence-electron chi connectivity index (χ0n) is 15.3. The molecule has 1 atom stereocenters. The SMILES string of the molecule is CC(C)C[C@H](NC(=O)CNC(=O)Cn1ccc(=O)c2ccccc21)C(=O)O. The number of pyridine rings is 1. The Morgan fingerprint density at radius 3 is 2.48 bits per heavy atom. The third-order valence-electron chi connectivity index (χ3n) is 3.99. The summed E-state index contributed by atoms with van der Waals surface area (Å²) in [6.07, 6.45) is 1.83. The van der Waals surface area contributed by atoms with E-state index in [0.717, 1.165) is 0 Å². The lowest BCUT2D eigenvalue weighted by Crippen LogP contribution is -2.46. The van der Waals surface area contributed by atoms with Gasteiger partial charge in [-0.3, -0.25) is 14.4 Å². The van der Waals surface area contributed by atoms with Crippen LogP contribution in [0.25, 0.3) is 10.9 Å². The third kappa shape index (κ3) is 5.67. The van der Waals surface area contributed by atoms with Crippen molar-refractivity contribution in [2.45, 2.75) is 32.9 Å². The average molecular weight is 373 g/mol. The first-order valence-electron chi connectivity index (χ1n) is 8.65. The normalized spacial score (nSPS) is 12.0. The molecule has 2 amide bonds. The Labute approximate surface area is 156 Å². The van der Waals surface area contributed by atoms with Gasteiger partial charge in [0.15, 0.2) is 5.43 Å². The molecule has 0 saturated carbocycles. The van der Waals surface area contributed by atoms with Crippen LogP contribution in [0, 0.1) is 5.92 Å². The zero-order valence-corrected chi connectivity index (χ0v) is 15.3. The largest absolute Gasteiger partial charge is 0.480 e. The van der Waals surface area contributed by atoms with Gasteiger partial charge in [0.2, 0.25) is 11.8 Å². The summed E-state index contributed by atoms with van der Waals surface area (Å²) in [5, 5.41) is 14.5. The van der Waals surface area contributed by atoms with Gasteiger partial charge in [0.05, 0.1) is 12.1 Å². The molecule has 0 aliphatic carbocycles. The number of carbonyl (C=O) groups is 3. The van der Waals surface area contributed by atoms with Gasteiger partial charge in [0, 0.05) is 17.6 Å². The fraction of sp³-hybridized carbons (Fsp3) is 0.368. The summed E-state index contributed by atoms with van der Waals surface area (Å²) in [5.74, 6) is -1.99. The number of nitrogens with zero attached hydrogens (tertiary/aromatic N) is 1. The highest BCUT2D eigenvalue weighted by atomic mass is 16.4. The minimum Gasteiger partial charge on any atom is -0.480 e. The van der Waals surface area contributed by atoms with Gasteiger partial charge in [-0.1, -0.05) is 26.0 Å². The molecule has 0 spiro atoms. The van der Waals surface area contributed by atoms with Crippen molar-refractivity contribution in [2.75, 3.05) is 6.54 Å². The van der Waals surface area contributed by atoms with Crippen molar-refractivity contribution >= 4 is 28.7 Å². The fourth-order valence-electron chi connectivity index (χ4n) is 2.73. The van der Waals surface area contributed by atoms with Crippen molar-refractivity contribution < 1.29 is 19.5 Å². The summed E-state index contributed by atoms with van der Waals surface area (Å²) in [7, 11) is 0. The Hall–Kier alpha value is -3.16. The summed E-state index contributed by atoms with van der Waals surface area (Å²) in [6.45, 7) is 3.33. The molecule has 0 bridgehead atoms. The highest BCUT2D eigenvalue weighted by Gasteiger charge is 2.21. The van der Waals surface area contributed by atoms with Crippen LogP contribution in [-0.2, 0) is 20.9 Å². The van der Waals surface area contributed by atoms with E-state index in [9.17, 15) is 19.2 Å². The number of hydrogen-bond acceptors (Lipinski definition) is 4.